The SMILES string of the molecule is CN(Cc1ccccc1)C(=S)NC(=O)COc1ccc(Cl)cc1. The highest BCUT2D eigenvalue weighted by Crippen LogP contribution is 2.15. The third kappa shape index (κ3) is 5.88. The molecule has 2 aromatic rings. The lowest BCUT2D eigenvalue weighted by atomic mass is 10.2. The van der Waals surface area contributed by atoms with Crippen LogP contribution in [-0.4, -0.2) is 29.6 Å². The van der Waals surface area contributed by atoms with Crippen molar-refractivity contribution >= 4 is 34.8 Å². The van der Waals surface area contributed by atoms with E-state index in [4.69, 9.17) is 28.6 Å². The largest absolute Gasteiger partial charge is 0.484 e. The highest BCUT2D eigenvalue weighted by molar-refractivity contribution is 7.80. The number of carbonyl (C=O) groups excluding carboxylic acids is 1. The number of amides is 1. The molecule has 6 heteroatoms. The Morgan fingerprint density at radius 2 is 1.83 bits per heavy atom. The van der Waals surface area contributed by atoms with Gasteiger partial charge in [-0.05, 0) is 42.0 Å². The zero-order valence-electron chi connectivity index (χ0n) is 12.7. The Balaban J connectivity index is 1.77. The van der Waals surface area contributed by atoms with E-state index in [0.29, 0.717) is 22.4 Å². The van der Waals surface area contributed by atoms with E-state index in [9.17, 15) is 4.79 Å². The molecule has 2 rings (SSSR count). The summed E-state index contributed by atoms with van der Waals surface area (Å²) in [6.45, 7) is 0.513. The highest BCUT2D eigenvalue weighted by atomic mass is 35.5. The van der Waals surface area contributed by atoms with Crippen molar-refractivity contribution in [1.29, 1.82) is 0 Å². The van der Waals surface area contributed by atoms with Gasteiger partial charge in [-0.15, -0.1) is 0 Å². The van der Waals surface area contributed by atoms with Gasteiger partial charge in [-0.3, -0.25) is 4.79 Å². The molecule has 4 nitrogen and oxygen atoms in total. The Kier molecular flexibility index (Phi) is 6.38. The molecule has 0 bridgehead atoms. The summed E-state index contributed by atoms with van der Waals surface area (Å²) in [5.41, 5.74) is 1.11. The number of rotatable bonds is 5. The molecule has 0 fully saturated rings. The van der Waals surface area contributed by atoms with E-state index in [2.05, 4.69) is 5.32 Å². The van der Waals surface area contributed by atoms with E-state index in [1.165, 1.54) is 0 Å². The number of carbonyl (C=O) groups is 1. The van der Waals surface area contributed by atoms with Crippen LogP contribution in [0.5, 0.6) is 5.75 Å². The lowest BCUT2D eigenvalue weighted by Crippen LogP contribution is -2.42. The molecule has 0 aliphatic heterocycles. The molecule has 0 saturated carbocycles. The number of nitrogens with zero attached hydrogens (tertiary/aromatic N) is 1. The molecule has 0 unspecified atom stereocenters. The monoisotopic (exact) mass is 348 g/mol. The number of hydrogen-bond acceptors (Lipinski definition) is 3. The van der Waals surface area contributed by atoms with E-state index < -0.39 is 0 Å². The van der Waals surface area contributed by atoms with Crippen molar-refractivity contribution in [3.05, 3.63) is 65.2 Å². The summed E-state index contributed by atoms with van der Waals surface area (Å²) < 4.78 is 5.37. The van der Waals surface area contributed by atoms with Crippen LogP contribution >= 0.6 is 23.8 Å². The van der Waals surface area contributed by atoms with Crippen LogP contribution < -0.4 is 10.1 Å². The fourth-order valence-electron chi connectivity index (χ4n) is 1.86. The predicted molar refractivity (Wildman–Crippen MR) is 95.6 cm³/mol. The topological polar surface area (TPSA) is 41.6 Å². The quantitative estimate of drug-likeness (QED) is 0.842. The molecule has 0 saturated heterocycles. The maximum Gasteiger partial charge on any atom is 0.264 e. The Morgan fingerprint density at radius 3 is 2.48 bits per heavy atom. The maximum atomic E-state index is 11.9. The lowest BCUT2D eigenvalue weighted by Gasteiger charge is -2.20. The Labute approximate surface area is 146 Å². The van der Waals surface area contributed by atoms with Gasteiger partial charge < -0.3 is 15.0 Å². The molecule has 0 radical (unpaired) electrons. The fraction of sp³-hybridized carbons (Fsp3) is 0.176. The van der Waals surface area contributed by atoms with Crippen LogP contribution in [0, 0.1) is 0 Å². The summed E-state index contributed by atoms with van der Waals surface area (Å²) in [7, 11) is 1.83. The lowest BCUT2D eigenvalue weighted by molar-refractivity contribution is -0.121. The van der Waals surface area contributed by atoms with Gasteiger partial charge in [-0.2, -0.15) is 0 Å². The van der Waals surface area contributed by atoms with Crippen LogP contribution in [0.25, 0.3) is 0 Å². The van der Waals surface area contributed by atoms with Gasteiger partial charge in [0, 0.05) is 18.6 Å². The summed E-state index contributed by atoms with van der Waals surface area (Å²) in [4.78, 5) is 13.7. The Hall–Kier alpha value is -2.11. The highest BCUT2D eigenvalue weighted by Gasteiger charge is 2.10. The van der Waals surface area contributed by atoms with Crippen LogP contribution in [0.2, 0.25) is 5.02 Å². The maximum absolute atomic E-state index is 11.9. The van der Waals surface area contributed by atoms with E-state index >= 15 is 0 Å². The van der Waals surface area contributed by atoms with Crippen molar-refractivity contribution in [2.24, 2.45) is 0 Å². The van der Waals surface area contributed by atoms with Gasteiger partial charge in [0.1, 0.15) is 5.75 Å². The first kappa shape index (κ1) is 17.2. The smallest absolute Gasteiger partial charge is 0.264 e. The summed E-state index contributed by atoms with van der Waals surface area (Å²) in [6.07, 6.45) is 0. The molecule has 120 valence electrons. The molecule has 0 aliphatic carbocycles. The summed E-state index contributed by atoms with van der Waals surface area (Å²) in [5, 5.41) is 3.62. The third-order valence-corrected chi connectivity index (χ3v) is 3.70. The van der Waals surface area contributed by atoms with Gasteiger partial charge in [0.25, 0.3) is 5.91 Å². The average molecular weight is 349 g/mol. The minimum absolute atomic E-state index is 0.110. The van der Waals surface area contributed by atoms with Crippen molar-refractivity contribution in [1.82, 2.24) is 10.2 Å². The van der Waals surface area contributed by atoms with Crippen molar-refractivity contribution < 1.29 is 9.53 Å². The van der Waals surface area contributed by atoms with Crippen LogP contribution in [0.15, 0.2) is 54.6 Å². The normalized spacial score (nSPS) is 10.0. The molecule has 0 aromatic heterocycles. The first-order valence-electron chi connectivity index (χ1n) is 7.02. The summed E-state index contributed by atoms with van der Waals surface area (Å²) in [6, 6.07) is 16.7. The minimum atomic E-state index is -0.301. The van der Waals surface area contributed by atoms with Crippen molar-refractivity contribution in [2.45, 2.75) is 6.54 Å². The van der Waals surface area contributed by atoms with E-state index in [-0.39, 0.29) is 12.5 Å². The summed E-state index contributed by atoms with van der Waals surface area (Å²) in [5.74, 6) is 0.276. The Bertz CT molecular complexity index is 662. The average Bonchev–Trinajstić information content (AvgIpc) is 2.55. The first-order chi connectivity index (χ1) is 11.0. The molecule has 0 aliphatic rings. The molecule has 0 spiro atoms. The number of nitrogens with one attached hydrogen (secondary N) is 1. The van der Waals surface area contributed by atoms with Gasteiger partial charge in [0.2, 0.25) is 0 Å². The second-order valence-corrected chi connectivity index (χ2v) is 5.76. The minimum Gasteiger partial charge on any atom is -0.484 e. The molecule has 23 heavy (non-hydrogen) atoms. The van der Waals surface area contributed by atoms with Crippen LogP contribution in [0.4, 0.5) is 0 Å². The van der Waals surface area contributed by atoms with Gasteiger partial charge in [0.15, 0.2) is 11.7 Å². The third-order valence-electron chi connectivity index (χ3n) is 3.04. The van der Waals surface area contributed by atoms with E-state index in [0.717, 1.165) is 5.56 Å². The number of halogens is 1. The van der Waals surface area contributed by atoms with Crippen LogP contribution in [0.1, 0.15) is 5.56 Å². The molecular weight excluding hydrogens is 332 g/mol. The van der Waals surface area contributed by atoms with Crippen molar-refractivity contribution in [3.8, 4) is 5.75 Å². The second-order valence-electron chi connectivity index (χ2n) is 4.94. The molecular formula is C17H17ClN2O2S. The van der Waals surface area contributed by atoms with Crippen molar-refractivity contribution in [3.63, 3.8) is 0 Å². The second kappa shape index (κ2) is 8.50. The summed E-state index contributed by atoms with van der Waals surface area (Å²) >= 11 is 11.0. The molecule has 0 heterocycles. The molecule has 0 atom stereocenters. The number of thiocarbonyl (C=S) groups is 1. The molecule has 2 aromatic carbocycles. The first-order valence-corrected chi connectivity index (χ1v) is 7.80. The van der Waals surface area contributed by atoms with E-state index in [1.807, 2.05) is 37.4 Å². The number of benzene rings is 2. The Morgan fingerprint density at radius 1 is 1.17 bits per heavy atom. The van der Waals surface area contributed by atoms with Crippen LogP contribution in [0.3, 0.4) is 0 Å². The standard InChI is InChI=1S/C17H17ClN2O2S/c1-20(11-13-5-3-2-4-6-13)17(23)19-16(21)12-22-15-9-7-14(18)8-10-15/h2-10H,11-12H2,1H3,(H,19,21,23). The van der Waals surface area contributed by atoms with Gasteiger partial charge in [-0.1, -0.05) is 41.9 Å². The molecule has 1 amide bonds. The van der Waals surface area contributed by atoms with Crippen LogP contribution in [-0.2, 0) is 11.3 Å². The number of hydrogen-bond donors (Lipinski definition) is 1. The predicted octanol–water partition coefficient (Wildman–Crippen LogP) is 3.25. The van der Waals surface area contributed by atoms with Crippen molar-refractivity contribution in [2.75, 3.05) is 13.7 Å². The van der Waals surface area contributed by atoms with E-state index in [1.54, 1.807) is 29.2 Å². The van der Waals surface area contributed by atoms with Gasteiger partial charge in [0.05, 0.1) is 0 Å². The van der Waals surface area contributed by atoms with Gasteiger partial charge >= 0.3 is 0 Å². The zero-order chi connectivity index (χ0) is 16.7. The fourth-order valence-corrected chi connectivity index (χ4v) is 2.16. The number of ether oxygens (including phenoxy) is 1. The van der Waals surface area contributed by atoms with Gasteiger partial charge in [-0.25, -0.2) is 0 Å². The molecule has 1 N–H and O–H groups in total. The zero-order valence-corrected chi connectivity index (χ0v) is 14.2.